The second-order valence-corrected chi connectivity index (χ2v) is 6.96. The van der Waals surface area contributed by atoms with E-state index in [-0.39, 0.29) is 18.4 Å². The predicted molar refractivity (Wildman–Crippen MR) is 88.5 cm³/mol. The number of rotatable bonds is 2. The Hall–Kier alpha value is -2.21. The fourth-order valence-corrected chi connectivity index (χ4v) is 3.81. The number of aryl methyl sites for hydroxylation is 1. The summed E-state index contributed by atoms with van der Waals surface area (Å²) in [5.74, 6) is 1.75. The number of amides is 1. The van der Waals surface area contributed by atoms with E-state index in [2.05, 4.69) is 17.1 Å². The van der Waals surface area contributed by atoms with Crippen molar-refractivity contribution in [3.8, 4) is 0 Å². The third-order valence-electron chi connectivity index (χ3n) is 5.18. The largest absolute Gasteiger partial charge is 0.396 e. The van der Waals surface area contributed by atoms with E-state index in [1.807, 2.05) is 28.8 Å². The van der Waals surface area contributed by atoms with Crippen molar-refractivity contribution < 1.29 is 9.90 Å². The van der Waals surface area contributed by atoms with Gasteiger partial charge in [0.15, 0.2) is 0 Å². The lowest BCUT2D eigenvalue weighted by molar-refractivity contribution is 0.0678. The zero-order chi connectivity index (χ0) is 16.7. The Morgan fingerprint density at radius 1 is 1.29 bits per heavy atom. The Morgan fingerprint density at radius 3 is 2.96 bits per heavy atom. The van der Waals surface area contributed by atoms with Crippen LogP contribution in [0.4, 0.5) is 0 Å². The van der Waals surface area contributed by atoms with Gasteiger partial charge in [-0.3, -0.25) is 4.79 Å². The molecule has 0 saturated heterocycles. The van der Waals surface area contributed by atoms with Gasteiger partial charge in [-0.05, 0) is 23.5 Å². The molecule has 1 aromatic carbocycles. The molecule has 6 nitrogen and oxygen atoms in total. The summed E-state index contributed by atoms with van der Waals surface area (Å²) in [6.07, 6.45) is 1.97. The molecule has 0 fully saturated rings. The van der Waals surface area contributed by atoms with Gasteiger partial charge in [-0.25, -0.2) is 0 Å². The number of hydrogen-bond donors (Lipinski definition) is 1. The van der Waals surface area contributed by atoms with Crippen molar-refractivity contribution in [3.05, 3.63) is 47.0 Å². The second kappa shape index (κ2) is 6.02. The highest BCUT2D eigenvalue weighted by Gasteiger charge is 2.32. The van der Waals surface area contributed by atoms with Crippen LogP contribution in [0.25, 0.3) is 0 Å². The van der Waals surface area contributed by atoms with Crippen LogP contribution in [-0.4, -0.2) is 43.8 Å². The van der Waals surface area contributed by atoms with Crippen molar-refractivity contribution in [1.82, 2.24) is 19.7 Å². The van der Waals surface area contributed by atoms with Gasteiger partial charge in [0.1, 0.15) is 5.82 Å². The summed E-state index contributed by atoms with van der Waals surface area (Å²) in [7, 11) is 0. The number of benzene rings is 1. The van der Waals surface area contributed by atoms with Gasteiger partial charge < -0.3 is 14.6 Å². The zero-order valence-electron chi connectivity index (χ0n) is 13.9. The van der Waals surface area contributed by atoms with Crippen LogP contribution >= 0.6 is 0 Å². The molecule has 1 N–H and O–H groups in total. The third-order valence-corrected chi connectivity index (χ3v) is 5.18. The fourth-order valence-electron chi connectivity index (χ4n) is 3.81. The molecule has 6 heteroatoms. The van der Waals surface area contributed by atoms with Crippen LogP contribution in [0, 0.1) is 5.92 Å². The number of carbonyl (C=O) groups excluding carboxylic acids is 1. The van der Waals surface area contributed by atoms with E-state index >= 15 is 0 Å². The van der Waals surface area contributed by atoms with Gasteiger partial charge >= 0.3 is 0 Å². The standard InChI is InChI=1S/C18H22N4O2/c1-12-6-7-16-19-20-17(22(16)8-12)18(24)21-9-13-4-2-3-5-15(13)14(10-21)11-23/h2-5,12,14,23H,6-11H2,1H3. The molecule has 0 spiro atoms. The molecule has 0 saturated carbocycles. The number of carbonyl (C=O) groups is 1. The van der Waals surface area contributed by atoms with Crippen molar-refractivity contribution in [2.75, 3.05) is 13.2 Å². The number of nitrogens with zero attached hydrogens (tertiary/aromatic N) is 4. The first kappa shape index (κ1) is 15.3. The predicted octanol–water partition coefficient (Wildman–Crippen LogP) is 1.59. The van der Waals surface area contributed by atoms with Crippen LogP contribution < -0.4 is 0 Å². The molecule has 0 radical (unpaired) electrons. The molecule has 24 heavy (non-hydrogen) atoms. The Labute approximate surface area is 141 Å². The summed E-state index contributed by atoms with van der Waals surface area (Å²) in [5.41, 5.74) is 2.24. The van der Waals surface area contributed by atoms with E-state index in [4.69, 9.17) is 0 Å². The number of aliphatic hydroxyl groups excluding tert-OH is 1. The molecule has 1 aromatic heterocycles. The molecule has 4 rings (SSSR count). The first-order valence-electron chi connectivity index (χ1n) is 8.57. The number of fused-ring (bicyclic) bond motifs is 2. The molecular weight excluding hydrogens is 304 g/mol. The highest BCUT2D eigenvalue weighted by molar-refractivity contribution is 5.91. The smallest absolute Gasteiger partial charge is 0.292 e. The average Bonchev–Trinajstić information content (AvgIpc) is 3.03. The van der Waals surface area contributed by atoms with Crippen LogP contribution in [0.5, 0.6) is 0 Å². The van der Waals surface area contributed by atoms with Gasteiger partial charge in [-0.15, -0.1) is 10.2 Å². The van der Waals surface area contributed by atoms with Crippen LogP contribution in [-0.2, 0) is 19.5 Å². The Morgan fingerprint density at radius 2 is 2.12 bits per heavy atom. The van der Waals surface area contributed by atoms with Gasteiger partial charge in [0.25, 0.3) is 5.91 Å². The minimum Gasteiger partial charge on any atom is -0.396 e. The molecule has 126 valence electrons. The van der Waals surface area contributed by atoms with E-state index < -0.39 is 0 Å². The maximum atomic E-state index is 13.0. The van der Waals surface area contributed by atoms with Crippen molar-refractivity contribution in [2.45, 2.75) is 38.8 Å². The molecule has 1 amide bonds. The summed E-state index contributed by atoms with van der Waals surface area (Å²) in [5, 5.41) is 18.1. The Balaban J connectivity index is 1.63. The van der Waals surface area contributed by atoms with Crippen molar-refractivity contribution in [2.24, 2.45) is 5.92 Å². The maximum absolute atomic E-state index is 13.0. The van der Waals surface area contributed by atoms with Gasteiger partial charge in [0.2, 0.25) is 5.82 Å². The minimum atomic E-state index is -0.0872. The molecule has 2 aromatic rings. The monoisotopic (exact) mass is 326 g/mol. The molecule has 2 aliphatic rings. The third kappa shape index (κ3) is 2.51. The van der Waals surface area contributed by atoms with E-state index in [0.29, 0.717) is 24.8 Å². The Bertz CT molecular complexity index is 770. The molecule has 0 aliphatic carbocycles. The second-order valence-electron chi connectivity index (χ2n) is 6.96. The Kier molecular flexibility index (Phi) is 3.84. The normalized spacial score (nSPS) is 22.8. The first-order valence-corrected chi connectivity index (χ1v) is 8.57. The van der Waals surface area contributed by atoms with Gasteiger partial charge in [-0.1, -0.05) is 31.2 Å². The van der Waals surface area contributed by atoms with Crippen LogP contribution in [0.3, 0.4) is 0 Å². The summed E-state index contributed by atoms with van der Waals surface area (Å²) in [6.45, 7) is 4.11. The van der Waals surface area contributed by atoms with E-state index in [0.717, 1.165) is 36.3 Å². The van der Waals surface area contributed by atoms with Crippen molar-refractivity contribution >= 4 is 5.91 Å². The summed E-state index contributed by atoms with van der Waals surface area (Å²) in [6, 6.07) is 8.02. The lowest BCUT2D eigenvalue weighted by Gasteiger charge is -2.34. The lowest BCUT2D eigenvalue weighted by Crippen LogP contribution is -2.40. The number of aromatic nitrogens is 3. The van der Waals surface area contributed by atoms with Crippen molar-refractivity contribution in [1.29, 1.82) is 0 Å². The van der Waals surface area contributed by atoms with Crippen molar-refractivity contribution in [3.63, 3.8) is 0 Å². The highest BCUT2D eigenvalue weighted by atomic mass is 16.3. The first-order chi connectivity index (χ1) is 11.7. The van der Waals surface area contributed by atoms with Crippen LogP contribution in [0.15, 0.2) is 24.3 Å². The summed E-state index contributed by atoms with van der Waals surface area (Å²) < 4.78 is 1.98. The zero-order valence-corrected chi connectivity index (χ0v) is 13.9. The topological polar surface area (TPSA) is 71.2 Å². The number of aliphatic hydroxyl groups is 1. The van der Waals surface area contributed by atoms with E-state index in [1.54, 1.807) is 4.90 Å². The molecular formula is C18H22N4O2. The molecule has 0 bridgehead atoms. The van der Waals surface area contributed by atoms with Gasteiger partial charge in [0.05, 0.1) is 6.61 Å². The van der Waals surface area contributed by atoms with E-state index in [1.165, 1.54) is 0 Å². The highest BCUT2D eigenvalue weighted by Crippen LogP contribution is 2.29. The summed E-state index contributed by atoms with van der Waals surface area (Å²) in [4.78, 5) is 14.8. The summed E-state index contributed by atoms with van der Waals surface area (Å²) >= 11 is 0. The molecule has 2 atom stereocenters. The average molecular weight is 326 g/mol. The lowest BCUT2D eigenvalue weighted by atomic mass is 9.90. The quantitative estimate of drug-likeness (QED) is 0.910. The van der Waals surface area contributed by atoms with Crippen LogP contribution in [0.2, 0.25) is 0 Å². The van der Waals surface area contributed by atoms with E-state index in [9.17, 15) is 9.90 Å². The molecule has 2 aliphatic heterocycles. The van der Waals surface area contributed by atoms with Gasteiger partial charge in [0, 0.05) is 32.0 Å². The molecule has 3 heterocycles. The molecule has 2 unspecified atom stereocenters. The van der Waals surface area contributed by atoms with Gasteiger partial charge in [-0.2, -0.15) is 0 Å². The van der Waals surface area contributed by atoms with Crippen LogP contribution in [0.1, 0.15) is 46.8 Å². The minimum absolute atomic E-state index is 0.0375. The maximum Gasteiger partial charge on any atom is 0.292 e. The number of hydrogen-bond acceptors (Lipinski definition) is 4. The SMILES string of the molecule is CC1CCc2nnc(C(=O)N3Cc4ccccc4C(CO)C3)n2C1. The fraction of sp³-hybridized carbons (Fsp3) is 0.500.